The molecule has 3 aliphatic rings. The van der Waals surface area contributed by atoms with E-state index in [0.717, 1.165) is 108 Å². The highest BCUT2D eigenvalue weighted by molar-refractivity contribution is 6.76. The Morgan fingerprint density at radius 2 is 1.28 bits per heavy atom. The average Bonchev–Trinajstić information content (AvgIpc) is 4.17. The summed E-state index contributed by atoms with van der Waals surface area (Å²) < 4.78 is 28.9. The van der Waals surface area contributed by atoms with Gasteiger partial charge < -0.3 is 39.2 Å². The van der Waals surface area contributed by atoms with Gasteiger partial charge in [0.2, 0.25) is 11.6 Å². The third kappa shape index (κ3) is 14.3. The van der Waals surface area contributed by atoms with Gasteiger partial charge in [0.25, 0.3) is 11.8 Å². The topological polar surface area (TPSA) is 163 Å². The van der Waals surface area contributed by atoms with Crippen molar-refractivity contribution in [3.63, 3.8) is 0 Å². The minimum atomic E-state index is -1.30. The summed E-state index contributed by atoms with van der Waals surface area (Å²) in [5.41, 5.74) is 5.41. The fraction of sp³-hybridized carbons (Fsp3) is 0.586. The molecule has 1 atom stereocenters. The summed E-state index contributed by atoms with van der Waals surface area (Å²) in [6, 6.07) is 17.7. The number of carbonyl (C=O) groups is 2. The quantitative estimate of drug-likeness (QED) is 0.0462. The number of nitrogens with zero attached hydrogens (tertiary/aromatic N) is 8. The number of hydrogen-bond acceptors (Lipinski definition) is 12. The summed E-state index contributed by atoms with van der Waals surface area (Å²) >= 11 is 6.66. The van der Waals surface area contributed by atoms with E-state index in [1.807, 2.05) is 57.7 Å². The molecule has 9 rings (SSSR count). The fourth-order valence-electron chi connectivity index (χ4n) is 10.9. The van der Waals surface area contributed by atoms with Crippen LogP contribution in [0.15, 0.2) is 60.9 Å². The Kier molecular flexibility index (Phi) is 18.4. The molecule has 7 heterocycles. The maximum atomic E-state index is 13.9. The number of likely N-dealkylation sites (tertiary alicyclic amines) is 2. The Morgan fingerprint density at radius 1 is 0.705 bits per heavy atom. The summed E-state index contributed by atoms with van der Waals surface area (Å²) in [5.74, 6) is 1.72. The normalized spacial score (nSPS) is 18.7. The Balaban J connectivity index is 0.732. The monoisotopic (exact) mass is 1120 g/mol. The highest BCUT2D eigenvalue weighted by atomic mass is 35.5. The number of fused-ring (bicyclic) bond motifs is 3. The van der Waals surface area contributed by atoms with E-state index in [4.69, 9.17) is 45.3 Å². The van der Waals surface area contributed by atoms with E-state index in [-0.39, 0.29) is 25.3 Å². The zero-order valence-corrected chi connectivity index (χ0v) is 50.8. The number of halogens is 1. The smallest absolute Gasteiger partial charge is 0.399 e. The van der Waals surface area contributed by atoms with Gasteiger partial charge in [-0.25, -0.2) is 15.0 Å². The van der Waals surface area contributed by atoms with Crippen LogP contribution in [-0.4, -0.2) is 151 Å². The number of piperidine rings is 2. The standard InChI is InChI=1S/C58H84BClN10O6Si2/c1-57(2)58(3,4)76-59(75-57)44-16-18-52-50(35-44)66-54(70(52)40-74-31-33-78(8,9)10)56(72)63-23-13-27-68-25-11-14-43(38-68)41-20-28-67(29-21-41)26-12-22-62-55(71)53-65-49-34-42(48-36-46(60)45-37-61-24-19-47(45)64-48)15-17-51(49)69(53)39-73-30-32-77(5,6)7/h15-19,24,34-37,41,43H,11-14,20-23,25-33,38-40H2,1-10H3,(H,62,71)(H,63,72). The lowest BCUT2D eigenvalue weighted by molar-refractivity contribution is 0.00578. The summed E-state index contributed by atoms with van der Waals surface area (Å²) in [6.45, 7) is 31.4. The van der Waals surface area contributed by atoms with Gasteiger partial charge >= 0.3 is 7.12 Å². The van der Waals surface area contributed by atoms with Gasteiger partial charge in [0.1, 0.15) is 13.5 Å². The first-order valence-corrected chi connectivity index (χ1v) is 36.3. The molecule has 4 aromatic heterocycles. The molecule has 6 aromatic rings. The van der Waals surface area contributed by atoms with Crippen LogP contribution in [0.3, 0.4) is 0 Å². The molecule has 2 amide bonds. The molecule has 0 saturated carbocycles. The molecule has 3 saturated heterocycles. The largest absolute Gasteiger partial charge is 0.494 e. The van der Waals surface area contributed by atoms with Gasteiger partial charge in [0.05, 0.1) is 49.5 Å². The number of hydrogen-bond donors (Lipinski definition) is 2. The number of carbonyl (C=O) groups excluding carboxylic acids is 2. The van der Waals surface area contributed by atoms with Gasteiger partial charge in [-0.05, 0) is 165 Å². The van der Waals surface area contributed by atoms with E-state index in [9.17, 15) is 9.59 Å². The highest BCUT2D eigenvalue weighted by Crippen LogP contribution is 2.37. The van der Waals surface area contributed by atoms with E-state index in [1.165, 1.54) is 25.7 Å². The SMILES string of the molecule is CC1(C)OB(c2ccc3c(c2)nc(C(=O)NCCCN2CCCC(C4CCN(CCCNC(=O)c5nc6cc(-c7cc(Cl)c8cnccc8n7)ccc6n5COCC[Si](C)(C)C)CC4)C2)n3COCC[Si](C)(C)C)OC1(C)C. The minimum Gasteiger partial charge on any atom is -0.399 e. The summed E-state index contributed by atoms with van der Waals surface area (Å²) in [4.78, 5) is 51.8. The molecule has 3 aliphatic heterocycles. The van der Waals surface area contributed by atoms with Crippen molar-refractivity contribution in [2.24, 2.45) is 11.8 Å². The number of rotatable bonds is 23. The van der Waals surface area contributed by atoms with Crippen molar-refractivity contribution in [2.75, 3.05) is 65.6 Å². The Bertz CT molecular complexity index is 3040. The van der Waals surface area contributed by atoms with E-state index < -0.39 is 34.5 Å². The highest BCUT2D eigenvalue weighted by Gasteiger charge is 2.52. The molecule has 78 heavy (non-hydrogen) atoms. The first-order chi connectivity index (χ1) is 37.1. The second-order valence-electron chi connectivity index (χ2n) is 25.4. The molecule has 420 valence electrons. The summed E-state index contributed by atoms with van der Waals surface area (Å²) in [7, 11) is -3.11. The van der Waals surface area contributed by atoms with Crippen LogP contribution < -0.4 is 16.1 Å². The molecule has 2 N–H and O–H groups in total. The lowest BCUT2D eigenvalue weighted by Gasteiger charge is -2.41. The number of aromatic nitrogens is 6. The maximum Gasteiger partial charge on any atom is 0.494 e. The molecule has 0 spiro atoms. The van der Waals surface area contributed by atoms with E-state index in [2.05, 4.69) is 92.4 Å². The van der Waals surface area contributed by atoms with Gasteiger partial charge in [0.15, 0.2) is 0 Å². The van der Waals surface area contributed by atoms with Gasteiger partial charge in [-0.3, -0.25) is 23.7 Å². The number of ether oxygens (including phenoxy) is 2. The predicted octanol–water partition coefficient (Wildman–Crippen LogP) is 9.94. The molecule has 16 nitrogen and oxygen atoms in total. The van der Waals surface area contributed by atoms with Crippen molar-refractivity contribution in [1.29, 1.82) is 0 Å². The van der Waals surface area contributed by atoms with Crippen LogP contribution >= 0.6 is 11.6 Å². The molecule has 0 bridgehead atoms. The van der Waals surface area contributed by atoms with Crippen molar-refractivity contribution in [3.8, 4) is 11.3 Å². The molecule has 1 unspecified atom stereocenters. The number of amides is 2. The number of nitrogens with one attached hydrogen (secondary N) is 2. The Hall–Kier alpha value is -4.57. The molecule has 3 fully saturated rings. The van der Waals surface area contributed by atoms with Crippen LogP contribution in [0.2, 0.25) is 56.4 Å². The van der Waals surface area contributed by atoms with Crippen molar-refractivity contribution in [1.82, 2.24) is 49.5 Å². The summed E-state index contributed by atoms with van der Waals surface area (Å²) in [6.07, 6.45) is 10.0. The second-order valence-corrected chi connectivity index (χ2v) is 37.1. The lowest BCUT2D eigenvalue weighted by atomic mass is 9.79. The van der Waals surface area contributed by atoms with Crippen LogP contribution in [0.25, 0.3) is 44.2 Å². The van der Waals surface area contributed by atoms with Crippen LogP contribution in [0.1, 0.15) is 87.5 Å². The zero-order valence-electron chi connectivity index (χ0n) is 48.1. The molecule has 0 radical (unpaired) electrons. The van der Waals surface area contributed by atoms with Crippen molar-refractivity contribution in [2.45, 2.75) is 142 Å². The number of pyridine rings is 2. The third-order valence-corrected chi connectivity index (χ3v) is 20.2. The molecular formula is C58H84BClN10O6Si2. The zero-order chi connectivity index (χ0) is 55.4. The predicted molar refractivity (Wildman–Crippen MR) is 319 cm³/mol. The number of benzene rings is 2. The van der Waals surface area contributed by atoms with E-state index >= 15 is 0 Å². The molecular weight excluding hydrogens is 1040 g/mol. The van der Waals surface area contributed by atoms with Gasteiger partial charge in [-0.2, -0.15) is 0 Å². The van der Waals surface area contributed by atoms with Crippen LogP contribution in [0.4, 0.5) is 0 Å². The molecule has 20 heteroatoms. The lowest BCUT2D eigenvalue weighted by Crippen LogP contribution is -2.43. The van der Waals surface area contributed by atoms with Crippen LogP contribution in [-0.2, 0) is 32.2 Å². The molecule has 0 aliphatic carbocycles. The van der Waals surface area contributed by atoms with Crippen LogP contribution in [0, 0.1) is 11.8 Å². The first kappa shape index (κ1) is 58.1. The maximum absolute atomic E-state index is 13.9. The Labute approximate surface area is 469 Å². The first-order valence-electron chi connectivity index (χ1n) is 28.5. The van der Waals surface area contributed by atoms with Crippen molar-refractivity contribution >= 4 is 85.1 Å². The summed E-state index contributed by atoms with van der Waals surface area (Å²) in [5, 5.41) is 7.77. The Morgan fingerprint density at radius 3 is 1.88 bits per heavy atom. The minimum absolute atomic E-state index is 0.187. The molecule has 2 aromatic carbocycles. The van der Waals surface area contributed by atoms with E-state index in [0.29, 0.717) is 60.3 Å². The van der Waals surface area contributed by atoms with Crippen LogP contribution in [0.5, 0.6) is 0 Å². The fourth-order valence-corrected chi connectivity index (χ4v) is 12.7. The van der Waals surface area contributed by atoms with Gasteiger partial charge in [-0.1, -0.05) is 63.0 Å². The van der Waals surface area contributed by atoms with Gasteiger partial charge in [0, 0.05) is 72.3 Å². The third-order valence-electron chi connectivity index (χ3n) is 16.5. The number of imidazole rings is 2. The average molecular weight is 1120 g/mol. The van der Waals surface area contributed by atoms with Gasteiger partial charge in [-0.15, -0.1) is 0 Å². The van der Waals surface area contributed by atoms with Crippen molar-refractivity contribution < 1.29 is 28.4 Å². The van der Waals surface area contributed by atoms with Crippen molar-refractivity contribution in [3.05, 3.63) is 77.6 Å². The second kappa shape index (κ2) is 24.7. The van der Waals surface area contributed by atoms with E-state index in [1.54, 1.807) is 12.4 Å².